The maximum atomic E-state index is 12.7. The zero-order valence-electron chi connectivity index (χ0n) is 16.0. The van der Waals surface area contributed by atoms with Crippen molar-refractivity contribution in [2.24, 2.45) is 12.0 Å². The number of aromatic nitrogens is 1. The van der Waals surface area contributed by atoms with E-state index in [-0.39, 0.29) is 11.3 Å². The lowest BCUT2D eigenvalue weighted by Gasteiger charge is -2.18. The number of hydrogen-bond donors (Lipinski definition) is 0. The predicted molar refractivity (Wildman–Crippen MR) is 113 cm³/mol. The molecule has 0 fully saturated rings. The van der Waals surface area contributed by atoms with E-state index in [1.165, 1.54) is 16.3 Å². The number of carbonyl (C=O) groups is 1. The molecule has 0 saturated heterocycles. The van der Waals surface area contributed by atoms with Crippen molar-refractivity contribution in [3.05, 3.63) is 76.6 Å². The van der Waals surface area contributed by atoms with Gasteiger partial charge in [-0.15, -0.1) is 0 Å². The van der Waals surface area contributed by atoms with Crippen molar-refractivity contribution >= 4 is 38.2 Å². The lowest BCUT2D eigenvalue weighted by atomic mass is 9.87. The number of amides is 1. The number of aryl methyl sites for hydroxylation is 1. The standard InChI is InChI=1S/C23H22N2OS/c1-23(2,3)17-12-9-16(10-13-17)21(26)24-22-25(4)20-18-8-6-5-7-15(18)11-14-19(20)27-22/h5-14H,1-4H3. The molecule has 0 aliphatic rings. The molecule has 136 valence electrons. The zero-order chi connectivity index (χ0) is 19.2. The Bertz CT molecular complexity index is 1220. The van der Waals surface area contributed by atoms with Crippen LogP contribution in [0, 0.1) is 0 Å². The van der Waals surface area contributed by atoms with Gasteiger partial charge >= 0.3 is 0 Å². The van der Waals surface area contributed by atoms with Gasteiger partial charge in [0.25, 0.3) is 5.91 Å². The number of rotatable bonds is 1. The third-order valence-electron chi connectivity index (χ3n) is 4.88. The second-order valence-electron chi connectivity index (χ2n) is 7.82. The monoisotopic (exact) mass is 374 g/mol. The van der Waals surface area contributed by atoms with E-state index >= 15 is 0 Å². The smallest absolute Gasteiger partial charge is 0.279 e. The maximum Gasteiger partial charge on any atom is 0.279 e. The Morgan fingerprint density at radius 2 is 1.67 bits per heavy atom. The molecule has 0 aliphatic heterocycles. The van der Waals surface area contributed by atoms with Gasteiger partial charge in [-0.3, -0.25) is 4.79 Å². The second-order valence-corrected chi connectivity index (χ2v) is 8.83. The van der Waals surface area contributed by atoms with Crippen LogP contribution in [0.4, 0.5) is 0 Å². The highest BCUT2D eigenvalue weighted by Crippen LogP contribution is 2.26. The third kappa shape index (κ3) is 3.21. The van der Waals surface area contributed by atoms with E-state index in [0.717, 1.165) is 10.2 Å². The Kier molecular flexibility index (Phi) is 4.23. The highest BCUT2D eigenvalue weighted by Gasteiger charge is 2.14. The van der Waals surface area contributed by atoms with Crippen molar-refractivity contribution < 1.29 is 4.79 Å². The Balaban J connectivity index is 1.80. The number of thiazole rings is 1. The van der Waals surface area contributed by atoms with Gasteiger partial charge in [-0.05, 0) is 34.6 Å². The molecule has 4 aromatic rings. The van der Waals surface area contributed by atoms with E-state index in [0.29, 0.717) is 10.4 Å². The van der Waals surface area contributed by atoms with Gasteiger partial charge in [0.05, 0.1) is 10.2 Å². The highest BCUT2D eigenvalue weighted by atomic mass is 32.1. The summed E-state index contributed by atoms with van der Waals surface area (Å²) in [4.78, 5) is 17.8. The number of carbonyl (C=O) groups excluding carboxylic acids is 1. The van der Waals surface area contributed by atoms with Gasteiger partial charge in [0.15, 0.2) is 4.80 Å². The zero-order valence-corrected chi connectivity index (χ0v) is 16.8. The van der Waals surface area contributed by atoms with Crippen LogP contribution in [0.1, 0.15) is 36.7 Å². The molecule has 4 heteroatoms. The van der Waals surface area contributed by atoms with Crippen LogP contribution in [0.25, 0.3) is 21.0 Å². The molecule has 27 heavy (non-hydrogen) atoms. The molecular formula is C23H22N2OS. The quantitative estimate of drug-likeness (QED) is 0.437. The first-order valence-corrected chi connectivity index (χ1v) is 9.83. The molecule has 1 heterocycles. The van der Waals surface area contributed by atoms with Crippen LogP contribution in [-0.4, -0.2) is 10.5 Å². The third-order valence-corrected chi connectivity index (χ3v) is 5.98. The number of hydrogen-bond acceptors (Lipinski definition) is 2. The molecule has 0 aliphatic carbocycles. The topological polar surface area (TPSA) is 34.4 Å². The molecule has 3 aromatic carbocycles. The van der Waals surface area contributed by atoms with Crippen LogP contribution >= 0.6 is 11.3 Å². The van der Waals surface area contributed by atoms with E-state index in [1.807, 2.05) is 48.0 Å². The lowest BCUT2D eigenvalue weighted by Crippen LogP contribution is -2.14. The highest BCUT2D eigenvalue weighted by molar-refractivity contribution is 7.16. The average molecular weight is 375 g/mol. The van der Waals surface area contributed by atoms with Crippen molar-refractivity contribution in [3.8, 4) is 0 Å². The molecule has 4 rings (SSSR count). The molecule has 0 bridgehead atoms. The molecule has 0 radical (unpaired) electrons. The Morgan fingerprint density at radius 1 is 0.963 bits per heavy atom. The largest absolute Gasteiger partial charge is 0.319 e. The van der Waals surface area contributed by atoms with Crippen molar-refractivity contribution in [2.45, 2.75) is 26.2 Å². The molecule has 3 nitrogen and oxygen atoms in total. The van der Waals surface area contributed by atoms with Crippen LogP contribution in [0.5, 0.6) is 0 Å². The van der Waals surface area contributed by atoms with E-state index in [9.17, 15) is 4.79 Å². The molecule has 1 amide bonds. The van der Waals surface area contributed by atoms with Crippen molar-refractivity contribution in [2.75, 3.05) is 0 Å². The van der Waals surface area contributed by atoms with Gasteiger partial charge < -0.3 is 4.57 Å². The first-order chi connectivity index (χ1) is 12.8. The fourth-order valence-electron chi connectivity index (χ4n) is 3.29. The molecule has 0 saturated carbocycles. The minimum Gasteiger partial charge on any atom is -0.319 e. The van der Waals surface area contributed by atoms with Crippen LogP contribution in [0.2, 0.25) is 0 Å². The normalized spacial score (nSPS) is 12.8. The van der Waals surface area contributed by atoms with Gasteiger partial charge in [-0.2, -0.15) is 4.99 Å². The van der Waals surface area contributed by atoms with Crippen LogP contribution in [0.3, 0.4) is 0 Å². The fourth-order valence-corrected chi connectivity index (χ4v) is 4.32. The van der Waals surface area contributed by atoms with E-state index in [2.05, 4.69) is 50.0 Å². The second kappa shape index (κ2) is 6.46. The average Bonchev–Trinajstić information content (AvgIpc) is 2.97. The SMILES string of the molecule is Cn1c(=NC(=O)c2ccc(C(C)(C)C)cc2)sc2ccc3ccccc3c21. The number of benzene rings is 3. The molecule has 1 aromatic heterocycles. The van der Waals surface area contributed by atoms with Crippen LogP contribution < -0.4 is 4.80 Å². The summed E-state index contributed by atoms with van der Waals surface area (Å²) in [5, 5.41) is 2.37. The van der Waals surface area contributed by atoms with E-state index in [1.54, 1.807) is 11.3 Å². The van der Waals surface area contributed by atoms with Gasteiger partial charge in [-0.1, -0.05) is 74.6 Å². The Labute approximate surface area is 162 Å². The summed E-state index contributed by atoms with van der Waals surface area (Å²) in [6.07, 6.45) is 0. The van der Waals surface area contributed by atoms with E-state index in [4.69, 9.17) is 0 Å². The fraction of sp³-hybridized carbons (Fsp3) is 0.217. The minimum absolute atomic E-state index is 0.0672. The summed E-state index contributed by atoms with van der Waals surface area (Å²) >= 11 is 1.54. The first kappa shape index (κ1) is 17.7. The van der Waals surface area contributed by atoms with Gasteiger partial charge in [-0.25, -0.2) is 0 Å². The van der Waals surface area contributed by atoms with Gasteiger partial charge in [0.2, 0.25) is 0 Å². The number of nitrogens with zero attached hydrogens (tertiary/aromatic N) is 2. The summed E-state index contributed by atoms with van der Waals surface area (Å²) in [6, 6.07) is 20.3. The summed E-state index contributed by atoms with van der Waals surface area (Å²) in [5.41, 5.74) is 3.01. The summed E-state index contributed by atoms with van der Waals surface area (Å²) in [5.74, 6) is -0.207. The molecule has 0 atom stereocenters. The first-order valence-electron chi connectivity index (χ1n) is 9.01. The molecule has 0 N–H and O–H groups in total. The number of fused-ring (bicyclic) bond motifs is 3. The lowest BCUT2D eigenvalue weighted by molar-refractivity contribution is 0.0998. The summed E-state index contributed by atoms with van der Waals surface area (Å²) in [6.45, 7) is 6.49. The van der Waals surface area contributed by atoms with Crippen molar-refractivity contribution in [1.82, 2.24) is 4.57 Å². The Morgan fingerprint density at radius 3 is 2.37 bits per heavy atom. The van der Waals surface area contributed by atoms with Gasteiger partial charge in [0, 0.05) is 18.0 Å². The molecular weight excluding hydrogens is 352 g/mol. The Hall–Kier alpha value is -2.72. The van der Waals surface area contributed by atoms with Crippen LogP contribution in [-0.2, 0) is 12.5 Å². The summed E-state index contributed by atoms with van der Waals surface area (Å²) in [7, 11) is 1.97. The molecule has 0 unspecified atom stereocenters. The predicted octanol–water partition coefficient (Wildman–Crippen LogP) is 5.43. The van der Waals surface area contributed by atoms with Gasteiger partial charge in [0.1, 0.15) is 0 Å². The van der Waals surface area contributed by atoms with E-state index < -0.39 is 0 Å². The van der Waals surface area contributed by atoms with Crippen molar-refractivity contribution in [1.29, 1.82) is 0 Å². The molecule has 0 spiro atoms. The minimum atomic E-state index is -0.207. The van der Waals surface area contributed by atoms with Crippen molar-refractivity contribution in [3.63, 3.8) is 0 Å². The summed E-state index contributed by atoms with van der Waals surface area (Å²) < 4.78 is 3.15. The maximum absolute atomic E-state index is 12.7. The van der Waals surface area contributed by atoms with Crippen LogP contribution in [0.15, 0.2) is 65.7 Å².